The minimum absolute atomic E-state index is 0.0610. The van der Waals surface area contributed by atoms with Gasteiger partial charge in [-0.2, -0.15) is 0 Å². The topological polar surface area (TPSA) is 71.1 Å². The van der Waals surface area contributed by atoms with Gasteiger partial charge in [0.05, 0.1) is 6.61 Å². The van der Waals surface area contributed by atoms with E-state index in [0.29, 0.717) is 17.9 Å². The molecule has 1 unspecified atom stereocenters. The number of para-hydroxylation sites is 2. The molecule has 0 aromatic heterocycles. The zero-order valence-electron chi connectivity index (χ0n) is 13.2. The van der Waals surface area contributed by atoms with Crippen molar-refractivity contribution >= 4 is 12.3 Å². The molecule has 2 aromatic carbocycles. The smallest absolute Gasteiger partial charge is 0.434 e. The van der Waals surface area contributed by atoms with Gasteiger partial charge in [-0.15, -0.1) is 0 Å². The first kappa shape index (κ1) is 17.3. The van der Waals surface area contributed by atoms with Gasteiger partial charge in [0.2, 0.25) is 0 Å². The fourth-order valence-corrected chi connectivity index (χ4v) is 1.75. The maximum atomic E-state index is 11.6. The van der Waals surface area contributed by atoms with Crippen LogP contribution in [-0.4, -0.2) is 25.0 Å². The predicted octanol–water partition coefficient (Wildman–Crippen LogP) is 4.20. The molecule has 24 heavy (non-hydrogen) atoms. The van der Waals surface area contributed by atoms with Crippen molar-refractivity contribution in [2.75, 3.05) is 6.61 Å². The summed E-state index contributed by atoms with van der Waals surface area (Å²) in [4.78, 5) is 23.1. The first-order chi connectivity index (χ1) is 11.6. The Hall–Kier alpha value is -3.02. The van der Waals surface area contributed by atoms with Gasteiger partial charge in [-0.1, -0.05) is 36.4 Å². The van der Waals surface area contributed by atoms with E-state index >= 15 is 0 Å². The standard InChI is InChI=1S/C18H18O6/c1-14(22-18(20)24-16-10-6-3-7-11-16)12-13-21-17(19)23-15-8-4-2-5-9-15/h2-11,14H,12-13H2,1H3. The van der Waals surface area contributed by atoms with Crippen LogP contribution in [0.4, 0.5) is 9.59 Å². The second kappa shape index (κ2) is 9.19. The van der Waals surface area contributed by atoms with Crippen molar-refractivity contribution in [2.45, 2.75) is 19.4 Å². The molecular formula is C18H18O6. The summed E-state index contributed by atoms with van der Waals surface area (Å²) in [6.07, 6.45) is -1.75. The van der Waals surface area contributed by atoms with Crippen LogP contribution in [-0.2, 0) is 9.47 Å². The molecule has 0 amide bonds. The summed E-state index contributed by atoms with van der Waals surface area (Å²) in [5, 5.41) is 0. The van der Waals surface area contributed by atoms with Gasteiger partial charge in [-0.25, -0.2) is 9.59 Å². The van der Waals surface area contributed by atoms with Gasteiger partial charge < -0.3 is 18.9 Å². The maximum absolute atomic E-state index is 11.6. The number of benzene rings is 2. The SMILES string of the molecule is CC(CCOC(=O)Oc1ccccc1)OC(=O)Oc1ccccc1. The van der Waals surface area contributed by atoms with Gasteiger partial charge in [-0.3, -0.25) is 0 Å². The van der Waals surface area contributed by atoms with Crippen molar-refractivity contribution in [1.29, 1.82) is 0 Å². The molecule has 0 bridgehead atoms. The molecule has 1 atom stereocenters. The van der Waals surface area contributed by atoms with Gasteiger partial charge in [-0.05, 0) is 31.2 Å². The number of carbonyl (C=O) groups excluding carboxylic acids is 2. The van der Waals surface area contributed by atoms with Gasteiger partial charge in [0.15, 0.2) is 0 Å². The Morgan fingerprint density at radius 3 is 1.88 bits per heavy atom. The molecule has 0 saturated heterocycles. The first-order valence-electron chi connectivity index (χ1n) is 7.46. The highest BCUT2D eigenvalue weighted by Crippen LogP contribution is 2.11. The summed E-state index contributed by atoms with van der Waals surface area (Å²) in [5.41, 5.74) is 0. The Bertz CT molecular complexity index is 641. The molecule has 126 valence electrons. The lowest BCUT2D eigenvalue weighted by atomic mass is 10.3. The van der Waals surface area contributed by atoms with Crippen LogP contribution in [0.1, 0.15) is 13.3 Å². The molecule has 0 fully saturated rings. The molecule has 0 aliphatic heterocycles. The Kier molecular flexibility index (Phi) is 6.64. The highest BCUT2D eigenvalue weighted by Gasteiger charge is 2.13. The summed E-state index contributed by atoms with van der Waals surface area (Å²) >= 11 is 0. The molecule has 2 rings (SSSR count). The Morgan fingerprint density at radius 2 is 1.33 bits per heavy atom. The normalized spacial score (nSPS) is 11.2. The van der Waals surface area contributed by atoms with Crippen LogP contribution < -0.4 is 9.47 Å². The van der Waals surface area contributed by atoms with Crippen LogP contribution in [0.25, 0.3) is 0 Å². The number of hydrogen-bond donors (Lipinski definition) is 0. The molecule has 0 heterocycles. The summed E-state index contributed by atoms with van der Waals surface area (Å²) in [5.74, 6) is 0.802. The Balaban J connectivity index is 1.63. The fourth-order valence-electron chi connectivity index (χ4n) is 1.75. The first-order valence-corrected chi connectivity index (χ1v) is 7.46. The monoisotopic (exact) mass is 330 g/mol. The summed E-state index contributed by atoms with van der Waals surface area (Å²) in [6, 6.07) is 17.2. The van der Waals surface area contributed by atoms with Crippen LogP contribution in [0.2, 0.25) is 0 Å². The van der Waals surface area contributed by atoms with Gasteiger partial charge in [0, 0.05) is 6.42 Å². The molecular weight excluding hydrogens is 312 g/mol. The van der Waals surface area contributed by atoms with E-state index < -0.39 is 18.4 Å². The second-order valence-electron chi connectivity index (χ2n) is 4.90. The lowest BCUT2D eigenvalue weighted by Gasteiger charge is -2.13. The molecule has 0 aliphatic carbocycles. The van der Waals surface area contributed by atoms with Crippen molar-refractivity contribution in [3.63, 3.8) is 0 Å². The van der Waals surface area contributed by atoms with Crippen molar-refractivity contribution < 1.29 is 28.5 Å². The number of ether oxygens (including phenoxy) is 4. The predicted molar refractivity (Wildman–Crippen MR) is 86.0 cm³/mol. The molecule has 0 aliphatic rings. The zero-order chi connectivity index (χ0) is 17.2. The third-order valence-corrected chi connectivity index (χ3v) is 2.93. The van der Waals surface area contributed by atoms with E-state index in [0.717, 1.165) is 0 Å². The number of carbonyl (C=O) groups is 2. The third kappa shape index (κ3) is 6.39. The van der Waals surface area contributed by atoms with E-state index in [1.807, 2.05) is 12.1 Å². The summed E-state index contributed by atoms with van der Waals surface area (Å²) < 4.78 is 19.9. The van der Waals surface area contributed by atoms with Crippen LogP contribution in [0, 0.1) is 0 Å². The average molecular weight is 330 g/mol. The molecule has 6 nitrogen and oxygen atoms in total. The quantitative estimate of drug-likeness (QED) is 0.584. The zero-order valence-corrected chi connectivity index (χ0v) is 13.2. The number of hydrogen-bond acceptors (Lipinski definition) is 6. The third-order valence-electron chi connectivity index (χ3n) is 2.93. The molecule has 0 radical (unpaired) electrons. The van der Waals surface area contributed by atoms with Crippen molar-refractivity contribution in [3.05, 3.63) is 60.7 Å². The summed E-state index contributed by atoms with van der Waals surface area (Å²) in [7, 11) is 0. The molecule has 2 aromatic rings. The van der Waals surface area contributed by atoms with Crippen molar-refractivity contribution in [1.82, 2.24) is 0 Å². The van der Waals surface area contributed by atoms with E-state index in [2.05, 4.69) is 0 Å². The van der Waals surface area contributed by atoms with Crippen LogP contribution >= 0.6 is 0 Å². The minimum atomic E-state index is -0.805. The molecule has 0 saturated carbocycles. The van der Waals surface area contributed by atoms with Gasteiger partial charge in [0.25, 0.3) is 0 Å². The van der Waals surface area contributed by atoms with E-state index in [4.69, 9.17) is 18.9 Å². The number of rotatable bonds is 6. The van der Waals surface area contributed by atoms with E-state index in [1.165, 1.54) is 0 Å². The Morgan fingerprint density at radius 1 is 0.833 bits per heavy atom. The average Bonchev–Trinajstić information content (AvgIpc) is 2.56. The molecule has 0 N–H and O–H groups in total. The summed E-state index contributed by atoms with van der Waals surface area (Å²) in [6.45, 7) is 1.74. The van der Waals surface area contributed by atoms with E-state index in [9.17, 15) is 9.59 Å². The lowest BCUT2D eigenvalue weighted by molar-refractivity contribution is 0.0453. The van der Waals surface area contributed by atoms with E-state index in [1.54, 1.807) is 55.5 Å². The highest BCUT2D eigenvalue weighted by molar-refractivity contribution is 5.64. The lowest BCUT2D eigenvalue weighted by Crippen LogP contribution is -2.21. The fraction of sp³-hybridized carbons (Fsp3) is 0.222. The van der Waals surface area contributed by atoms with E-state index in [-0.39, 0.29) is 6.61 Å². The largest absolute Gasteiger partial charge is 0.514 e. The second-order valence-corrected chi connectivity index (χ2v) is 4.90. The van der Waals surface area contributed by atoms with Gasteiger partial charge >= 0.3 is 12.3 Å². The molecule has 6 heteroatoms. The van der Waals surface area contributed by atoms with Crippen molar-refractivity contribution in [2.24, 2.45) is 0 Å². The molecule has 0 spiro atoms. The highest BCUT2D eigenvalue weighted by atomic mass is 16.7. The van der Waals surface area contributed by atoms with Gasteiger partial charge in [0.1, 0.15) is 17.6 Å². The van der Waals surface area contributed by atoms with Crippen molar-refractivity contribution in [3.8, 4) is 11.5 Å². The minimum Gasteiger partial charge on any atom is -0.434 e. The van der Waals surface area contributed by atoms with Crippen LogP contribution in [0.5, 0.6) is 11.5 Å². The van der Waals surface area contributed by atoms with Crippen LogP contribution in [0.3, 0.4) is 0 Å². The van der Waals surface area contributed by atoms with Crippen LogP contribution in [0.15, 0.2) is 60.7 Å². The Labute approximate surface area is 139 Å². The maximum Gasteiger partial charge on any atom is 0.514 e.